The number of nitrogens with zero attached hydrogens (tertiary/aromatic N) is 2. The van der Waals surface area contributed by atoms with Crippen molar-refractivity contribution in [3.05, 3.63) is 84.4 Å². The maximum Gasteiger partial charge on any atom is 0.224 e. The van der Waals surface area contributed by atoms with E-state index in [2.05, 4.69) is 10.3 Å². The van der Waals surface area contributed by atoms with Crippen molar-refractivity contribution in [1.29, 1.82) is 0 Å². The second-order valence-corrected chi connectivity index (χ2v) is 7.62. The average Bonchev–Trinajstić information content (AvgIpc) is 3.27. The Morgan fingerprint density at radius 2 is 1.76 bits per heavy atom. The fourth-order valence-electron chi connectivity index (χ4n) is 3.76. The SMILES string of the molecule is COc1cc(OC)cc([C@@H](NC(=O)CCOc2cccc3ccccc23)c2nccn2C)c1. The predicted octanol–water partition coefficient (Wildman–Crippen LogP) is 4.27. The highest BCUT2D eigenvalue weighted by atomic mass is 16.5. The number of imidazole rings is 1. The number of hydrogen-bond acceptors (Lipinski definition) is 5. The van der Waals surface area contributed by atoms with Gasteiger partial charge in [0, 0.05) is 30.9 Å². The quantitative estimate of drug-likeness (QED) is 0.417. The van der Waals surface area contributed by atoms with E-state index in [1.54, 1.807) is 26.5 Å². The topological polar surface area (TPSA) is 74.6 Å². The number of amides is 1. The van der Waals surface area contributed by atoms with E-state index in [1.165, 1.54) is 0 Å². The number of methoxy groups -OCH3 is 2. The molecule has 1 atom stereocenters. The van der Waals surface area contributed by atoms with Crippen LogP contribution in [0.25, 0.3) is 10.8 Å². The Morgan fingerprint density at radius 3 is 2.45 bits per heavy atom. The van der Waals surface area contributed by atoms with Crippen molar-refractivity contribution >= 4 is 16.7 Å². The third kappa shape index (κ3) is 5.09. The Labute approximate surface area is 192 Å². The van der Waals surface area contributed by atoms with Gasteiger partial charge in [-0.25, -0.2) is 4.98 Å². The van der Waals surface area contributed by atoms with Crippen LogP contribution < -0.4 is 19.5 Å². The molecule has 0 radical (unpaired) electrons. The van der Waals surface area contributed by atoms with Gasteiger partial charge >= 0.3 is 0 Å². The first-order chi connectivity index (χ1) is 16.1. The molecule has 0 aliphatic rings. The lowest BCUT2D eigenvalue weighted by atomic mass is 10.0. The number of fused-ring (bicyclic) bond motifs is 1. The number of carbonyl (C=O) groups excluding carboxylic acids is 1. The van der Waals surface area contributed by atoms with Gasteiger partial charge in [-0.05, 0) is 29.1 Å². The molecule has 7 heteroatoms. The molecule has 3 aromatic carbocycles. The third-order valence-electron chi connectivity index (χ3n) is 5.47. The molecule has 0 saturated carbocycles. The van der Waals surface area contributed by atoms with Crippen LogP contribution >= 0.6 is 0 Å². The zero-order chi connectivity index (χ0) is 23.2. The van der Waals surface area contributed by atoms with Crippen LogP contribution in [0.5, 0.6) is 17.2 Å². The van der Waals surface area contributed by atoms with Gasteiger partial charge < -0.3 is 24.1 Å². The van der Waals surface area contributed by atoms with Crippen LogP contribution in [0.1, 0.15) is 23.9 Å². The number of carbonyl (C=O) groups is 1. The summed E-state index contributed by atoms with van der Waals surface area (Å²) in [6.45, 7) is 0.258. The van der Waals surface area contributed by atoms with E-state index in [-0.39, 0.29) is 18.9 Å². The second-order valence-electron chi connectivity index (χ2n) is 7.62. The van der Waals surface area contributed by atoms with E-state index in [4.69, 9.17) is 14.2 Å². The molecule has 4 rings (SSSR count). The molecule has 0 fully saturated rings. The molecule has 1 aromatic heterocycles. The molecule has 1 N–H and O–H groups in total. The maximum atomic E-state index is 12.9. The molecule has 0 aliphatic carbocycles. The van der Waals surface area contributed by atoms with Crippen molar-refractivity contribution < 1.29 is 19.0 Å². The number of rotatable bonds is 9. The van der Waals surface area contributed by atoms with Gasteiger partial charge in [0.15, 0.2) is 0 Å². The molecule has 7 nitrogen and oxygen atoms in total. The third-order valence-corrected chi connectivity index (χ3v) is 5.47. The normalized spacial score (nSPS) is 11.7. The van der Waals surface area contributed by atoms with Crippen LogP contribution in [0.4, 0.5) is 0 Å². The highest BCUT2D eigenvalue weighted by Crippen LogP contribution is 2.30. The first-order valence-electron chi connectivity index (χ1n) is 10.7. The Kier molecular flexibility index (Phi) is 6.78. The summed E-state index contributed by atoms with van der Waals surface area (Å²) >= 11 is 0. The molecule has 170 valence electrons. The first-order valence-corrected chi connectivity index (χ1v) is 10.7. The van der Waals surface area contributed by atoms with Gasteiger partial charge in [0.2, 0.25) is 5.91 Å². The number of benzene rings is 3. The molecule has 0 bridgehead atoms. The Balaban J connectivity index is 1.50. The lowest BCUT2D eigenvalue weighted by Crippen LogP contribution is -2.32. The van der Waals surface area contributed by atoms with Gasteiger partial charge in [-0.2, -0.15) is 0 Å². The van der Waals surface area contributed by atoms with Crippen LogP contribution in [-0.2, 0) is 11.8 Å². The molecular formula is C26H27N3O4. The molecule has 0 aliphatic heterocycles. The van der Waals surface area contributed by atoms with Crippen LogP contribution in [-0.4, -0.2) is 36.3 Å². The van der Waals surface area contributed by atoms with Crippen molar-refractivity contribution in [2.75, 3.05) is 20.8 Å². The summed E-state index contributed by atoms with van der Waals surface area (Å²) in [5, 5.41) is 5.21. The van der Waals surface area contributed by atoms with Gasteiger partial charge in [0.05, 0.1) is 27.2 Å². The Bertz CT molecular complexity index is 1220. The van der Waals surface area contributed by atoms with Gasteiger partial charge in [-0.15, -0.1) is 0 Å². The standard InChI is InChI=1S/C26H27N3O4/c1-29-13-12-27-26(29)25(19-15-20(31-2)17-21(16-19)32-3)28-24(30)11-14-33-23-10-6-8-18-7-4-5-9-22(18)23/h4-10,12-13,15-17,25H,11,14H2,1-3H3,(H,28,30)/t25-/m1/s1. The maximum absolute atomic E-state index is 12.9. The second kappa shape index (κ2) is 10.1. The zero-order valence-corrected chi connectivity index (χ0v) is 18.9. The van der Waals surface area contributed by atoms with Gasteiger partial charge in [-0.3, -0.25) is 4.79 Å². The summed E-state index contributed by atoms with van der Waals surface area (Å²) in [7, 11) is 5.08. The van der Waals surface area contributed by atoms with Crippen LogP contribution in [0.15, 0.2) is 73.1 Å². The van der Waals surface area contributed by atoms with Crippen LogP contribution in [0, 0.1) is 0 Å². The average molecular weight is 446 g/mol. The number of nitrogens with one attached hydrogen (secondary N) is 1. The van der Waals surface area contributed by atoms with Gasteiger partial charge in [-0.1, -0.05) is 36.4 Å². The smallest absolute Gasteiger partial charge is 0.224 e. The van der Waals surface area contributed by atoms with Gasteiger partial charge in [0.1, 0.15) is 29.1 Å². The number of aromatic nitrogens is 2. The van der Waals surface area contributed by atoms with Crippen molar-refractivity contribution in [3.63, 3.8) is 0 Å². The fraction of sp³-hybridized carbons (Fsp3) is 0.231. The summed E-state index contributed by atoms with van der Waals surface area (Å²) in [5.41, 5.74) is 0.809. The molecule has 1 heterocycles. The van der Waals surface area contributed by atoms with E-state index >= 15 is 0 Å². The Hall–Kier alpha value is -4.00. The fourth-order valence-corrected chi connectivity index (χ4v) is 3.76. The number of hydrogen-bond donors (Lipinski definition) is 1. The molecule has 0 unspecified atom stereocenters. The Morgan fingerprint density at radius 1 is 1.03 bits per heavy atom. The van der Waals surface area contributed by atoms with Crippen molar-refractivity contribution in [2.45, 2.75) is 12.5 Å². The molecule has 0 spiro atoms. The molecular weight excluding hydrogens is 418 g/mol. The zero-order valence-electron chi connectivity index (χ0n) is 18.9. The summed E-state index contributed by atoms with van der Waals surface area (Å²) in [6, 6.07) is 19.0. The van der Waals surface area contributed by atoms with E-state index in [0.29, 0.717) is 17.3 Å². The summed E-state index contributed by atoms with van der Waals surface area (Å²) < 4.78 is 18.6. The first kappa shape index (κ1) is 22.2. The largest absolute Gasteiger partial charge is 0.497 e. The minimum Gasteiger partial charge on any atom is -0.497 e. The molecule has 0 saturated heterocycles. The van der Waals surface area contributed by atoms with Gasteiger partial charge in [0.25, 0.3) is 0 Å². The number of ether oxygens (including phenoxy) is 3. The molecule has 4 aromatic rings. The molecule has 1 amide bonds. The lowest BCUT2D eigenvalue weighted by molar-refractivity contribution is -0.122. The highest BCUT2D eigenvalue weighted by molar-refractivity contribution is 5.88. The van der Waals surface area contributed by atoms with Crippen LogP contribution in [0.3, 0.4) is 0 Å². The van der Waals surface area contributed by atoms with E-state index in [1.807, 2.05) is 72.4 Å². The summed E-state index contributed by atoms with van der Waals surface area (Å²) in [6.07, 6.45) is 3.75. The van der Waals surface area contributed by atoms with Crippen molar-refractivity contribution in [1.82, 2.24) is 14.9 Å². The van der Waals surface area contributed by atoms with Crippen molar-refractivity contribution in [2.24, 2.45) is 7.05 Å². The number of aryl methyl sites for hydroxylation is 1. The molecule has 33 heavy (non-hydrogen) atoms. The van der Waals surface area contributed by atoms with E-state index < -0.39 is 6.04 Å². The summed E-state index contributed by atoms with van der Waals surface area (Å²) in [4.78, 5) is 17.4. The lowest BCUT2D eigenvalue weighted by Gasteiger charge is -2.20. The monoisotopic (exact) mass is 445 g/mol. The van der Waals surface area contributed by atoms with E-state index in [0.717, 1.165) is 22.1 Å². The van der Waals surface area contributed by atoms with Crippen LogP contribution in [0.2, 0.25) is 0 Å². The summed E-state index contributed by atoms with van der Waals surface area (Å²) in [5.74, 6) is 2.59. The van der Waals surface area contributed by atoms with Crippen molar-refractivity contribution in [3.8, 4) is 17.2 Å². The minimum absolute atomic E-state index is 0.148. The highest BCUT2D eigenvalue weighted by Gasteiger charge is 2.22. The van der Waals surface area contributed by atoms with E-state index in [9.17, 15) is 4.79 Å². The predicted molar refractivity (Wildman–Crippen MR) is 127 cm³/mol. The minimum atomic E-state index is -0.473.